The first-order chi connectivity index (χ1) is 11.6. The van der Waals surface area contributed by atoms with Gasteiger partial charge in [0.25, 0.3) is 0 Å². The number of benzene rings is 1. The van der Waals surface area contributed by atoms with Crippen molar-refractivity contribution in [1.82, 2.24) is 0 Å². The summed E-state index contributed by atoms with van der Waals surface area (Å²) in [6, 6.07) is 8.16. The molecule has 1 rings (SSSR count). The van der Waals surface area contributed by atoms with Crippen molar-refractivity contribution in [3.05, 3.63) is 34.9 Å². The van der Waals surface area contributed by atoms with Gasteiger partial charge in [0.15, 0.2) is 0 Å². The number of carbonyl (C=O) groups is 1. The molecular weight excluding hydrogens is 343 g/mol. The van der Waals surface area contributed by atoms with Gasteiger partial charge < -0.3 is 5.11 Å². The van der Waals surface area contributed by atoms with E-state index in [2.05, 4.69) is 12.1 Å². The number of unbranched alkanes of at least 4 members (excludes halogenated alkanes) is 9. The SMILES string of the molecule is O=C(O)C(Cl)CCCCCCCCCCCCc1ccc(Cl)cc1. The van der Waals surface area contributed by atoms with E-state index >= 15 is 0 Å². The molecule has 1 N–H and O–H groups in total. The molecule has 2 nitrogen and oxygen atoms in total. The van der Waals surface area contributed by atoms with Crippen molar-refractivity contribution in [2.24, 2.45) is 0 Å². The Kier molecular flexibility index (Phi) is 12.0. The van der Waals surface area contributed by atoms with Crippen LogP contribution in [-0.2, 0) is 11.2 Å². The first-order valence-corrected chi connectivity index (χ1v) is 10.0. The Hall–Kier alpha value is -0.730. The molecular formula is C20H30Cl2O2. The summed E-state index contributed by atoms with van der Waals surface area (Å²) in [5.74, 6) is -0.896. The molecule has 0 saturated carbocycles. The maximum atomic E-state index is 10.6. The van der Waals surface area contributed by atoms with Crippen molar-refractivity contribution in [1.29, 1.82) is 0 Å². The molecule has 1 aromatic rings. The van der Waals surface area contributed by atoms with E-state index in [0.717, 1.165) is 24.3 Å². The average molecular weight is 373 g/mol. The Labute approximate surface area is 156 Å². The van der Waals surface area contributed by atoms with Gasteiger partial charge in [-0.05, 0) is 37.0 Å². The van der Waals surface area contributed by atoms with E-state index in [0.29, 0.717) is 6.42 Å². The number of halogens is 2. The quantitative estimate of drug-likeness (QED) is 0.285. The zero-order chi connectivity index (χ0) is 17.6. The van der Waals surface area contributed by atoms with Gasteiger partial charge in [-0.15, -0.1) is 11.6 Å². The highest BCUT2D eigenvalue weighted by Gasteiger charge is 2.11. The van der Waals surface area contributed by atoms with Crippen LogP contribution in [0.2, 0.25) is 5.02 Å². The lowest BCUT2D eigenvalue weighted by atomic mass is 10.0. The summed E-state index contributed by atoms with van der Waals surface area (Å²) in [7, 11) is 0. The van der Waals surface area contributed by atoms with Crippen LogP contribution in [0, 0.1) is 0 Å². The third-order valence-corrected chi connectivity index (χ3v) is 5.01. The Bertz CT molecular complexity index is 445. The first-order valence-electron chi connectivity index (χ1n) is 9.21. The van der Waals surface area contributed by atoms with Gasteiger partial charge in [-0.1, -0.05) is 81.5 Å². The maximum Gasteiger partial charge on any atom is 0.321 e. The number of aryl methyl sites for hydroxylation is 1. The second kappa shape index (κ2) is 13.5. The van der Waals surface area contributed by atoms with Crippen LogP contribution < -0.4 is 0 Å². The molecule has 0 fully saturated rings. The topological polar surface area (TPSA) is 37.3 Å². The Balaban J connectivity index is 1.82. The predicted molar refractivity (Wildman–Crippen MR) is 103 cm³/mol. The monoisotopic (exact) mass is 372 g/mol. The van der Waals surface area contributed by atoms with E-state index in [4.69, 9.17) is 28.3 Å². The second-order valence-electron chi connectivity index (χ2n) is 6.51. The summed E-state index contributed by atoms with van der Waals surface area (Å²) in [5, 5.41) is 8.78. The third-order valence-electron chi connectivity index (χ3n) is 4.35. The van der Waals surface area contributed by atoms with Crippen molar-refractivity contribution >= 4 is 29.2 Å². The number of rotatable bonds is 14. The highest BCUT2D eigenvalue weighted by Crippen LogP contribution is 2.15. The van der Waals surface area contributed by atoms with Crippen LogP contribution in [0.4, 0.5) is 0 Å². The Morgan fingerprint density at radius 2 is 1.29 bits per heavy atom. The molecule has 1 unspecified atom stereocenters. The van der Waals surface area contributed by atoms with Gasteiger partial charge in [-0.25, -0.2) is 0 Å². The molecule has 0 spiro atoms. The van der Waals surface area contributed by atoms with Crippen LogP contribution >= 0.6 is 23.2 Å². The molecule has 0 heterocycles. The summed E-state index contributed by atoms with van der Waals surface area (Å²) >= 11 is 11.6. The molecule has 0 saturated heterocycles. The third kappa shape index (κ3) is 10.9. The van der Waals surface area contributed by atoms with Crippen LogP contribution in [0.25, 0.3) is 0 Å². The smallest absolute Gasteiger partial charge is 0.321 e. The maximum absolute atomic E-state index is 10.6. The van der Waals surface area contributed by atoms with E-state index in [1.54, 1.807) is 0 Å². The molecule has 0 aromatic heterocycles. The fourth-order valence-corrected chi connectivity index (χ4v) is 3.12. The number of hydrogen-bond acceptors (Lipinski definition) is 1. The van der Waals surface area contributed by atoms with Crippen molar-refractivity contribution in [3.63, 3.8) is 0 Å². The van der Waals surface area contributed by atoms with E-state index in [9.17, 15) is 4.79 Å². The summed E-state index contributed by atoms with van der Waals surface area (Å²) < 4.78 is 0. The molecule has 4 heteroatoms. The summed E-state index contributed by atoms with van der Waals surface area (Å²) in [5.41, 5.74) is 1.38. The fraction of sp³-hybridized carbons (Fsp3) is 0.650. The Morgan fingerprint density at radius 3 is 1.79 bits per heavy atom. The van der Waals surface area contributed by atoms with E-state index in [1.165, 1.54) is 56.9 Å². The molecule has 0 amide bonds. The summed E-state index contributed by atoms with van der Waals surface area (Å²) in [6.45, 7) is 0. The van der Waals surface area contributed by atoms with Gasteiger partial charge in [0.2, 0.25) is 0 Å². The molecule has 1 aromatic carbocycles. The van der Waals surface area contributed by atoms with Crippen LogP contribution in [0.5, 0.6) is 0 Å². The highest BCUT2D eigenvalue weighted by molar-refractivity contribution is 6.30. The van der Waals surface area contributed by atoms with Gasteiger partial charge in [-0.3, -0.25) is 4.79 Å². The van der Waals surface area contributed by atoms with Crippen LogP contribution in [0.3, 0.4) is 0 Å². The predicted octanol–water partition coefficient (Wildman–Crippen LogP) is 6.87. The van der Waals surface area contributed by atoms with Crippen LogP contribution in [-0.4, -0.2) is 16.5 Å². The van der Waals surface area contributed by atoms with Crippen LogP contribution in [0.15, 0.2) is 24.3 Å². The van der Waals surface area contributed by atoms with Crippen molar-refractivity contribution in [3.8, 4) is 0 Å². The Morgan fingerprint density at radius 1 is 0.833 bits per heavy atom. The number of hydrogen-bond donors (Lipinski definition) is 1. The van der Waals surface area contributed by atoms with E-state index in [-0.39, 0.29) is 0 Å². The molecule has 24 heavy (non-hydrogen) atoms. The number of alkyl halides is 1. The zero-order valence-electron chi connectivity index (χ0n) is 14.5. The fourth-order valence-electron chi connectivity index (χ4n) is 2.84. The highest BCUT2D eigenvalue weighted by atomic mass is 35.5. The minimum absolute atomic E-state index is 0.588. The van der Waals surface area contributed by atoms with Gasteiger partial charge in [-0.2, -0.15) is 0 Å². The molecule has 0 aliphatic heterocycles. The van der Waals surface area contributed by atoms with Crippen molar-refractivity contribution < 1.29 is 9.90 Å². The summed E-state index contributed by atoms with van der Waals surface area (Å²) in [6.07, 6.45) is 14.0. The van der Waals surface area contributed by atoms with Crippen LogP contribution in [0.1, 0.15) is 76.2 Å². The lowest BCUT2D eigenvalue weighted by Crippen LogP contribution is -2.12. The largest absolute Gasteiger partial charge is 0.480 e. The lowest BCUT2D eigenvalue weighted by Gasteiger charge is -2.05. The molecule has 136 valence electrons. The first kappa shape index (κ1) is 21.3. The molecule has 0 bridgehead atoms. The number of aliphatic carboxylic acids is 1. The molecule has 0 aliphatic rings. The molecule has 1 atom stereocenters. The van der Waals surface area contributed by atoms with Gasteiger partial charge in [0.05, 0.1) is 0 Å². The van der Waals surface area contributed by atoms with Crippen molar-refractivity contribution in [2.75, 3.05) is 0 Å². The van der Waals surface area contributed by atoms with Gasteiger partial charge >= 0.3 is 5.97 Å². The second-order valence-corrected chi connectivity index (χ2v) is 7.47. The molecule has 0 aliphatic carbocycles. The summed E-state index contributed by atoms with van der Waals surface area (Å²) in [4.78, 5) is 10.6. The van der Waals surface area contributed by atoms with Crippen molar-refractivity contribution in [2.45, 2.75) is 82.4 Å². The number of carboxylic acids is 1. The average Bonchev–Trinajstić information content (AvgIpc) is 2.57. The van der Waals surface area contributed by atoms with Gasteiger partial charge in [0, 0.05) is 5.02 Å². The van der Waals surface area contributed by atoms with E-state index in [1.807, 2.05) is 12.1 Å². The normalized spacial score (nSPS) is 12.2. The standard InChI is InChI=1S/C20H30Cl2O2/c21-18-15-13-17(14-16-18)11-9-7-5-3-1-2-4-6-8-10-12-19(22)20(23)24/h13-16,19H,1-12H2,(H,23,24). The zero-order valence-corrected chi connectivity index (χ0v) is 16.0. The lowest BCUT2D eigenvalue weighted by molar-refractivity contribution is -0.136. The number of carboxylic acid groups (broad SMARTS) is 1. The molecule has 0 radical (unpaired) electrons. The van der Waals surface area contributed by atoms with Gasteiger partial charge in [0.1, 0.15) is 5.38 Å². The van der Waals surface area contributed by atoms with E-state index < -0.39 is 11.3 Å². The minimum atomic E-state index is -0.896. The minimum Gasteiger partial charge on any atom is -0.480 e.